The Labute approximate surface area is 76.3 Å². The summed E-state index contributed by atoms with van der Waals surface area (Å²) in [5.74, 6) is 5.40. The minimum Gasteiger partial charge on any atom is -0.227 e. The van der Waals surface area contributed by atoms with E-state index in [9.17, 15) is 0 Å². The molecule has 0 amide bonds. The first-order valence-electron chi connectivity index (χ1n) is 3.97. The van der Waals surface area contributed by atoms with Crippen LogP contribution in [0.15, 0.2) is 47.7 Å². The summed E-state index contributed by atoms with van der Waals surface area (Å²) in [6, 6.07) is 9.91. The van der Waals surface area contributed by atoms with Crippen molar-refractivity contribution in [2.75, 3.05) is 0 Å². The topological polar surface area (TPSA) is 53.6 Å². The summed E-state index contributed by atoms with van der Waals surface area (Å²) in [5.41, 5.74) is 4.59. The van der Waals surface area contributed by atoms with E-state index in [4.69, 9.17) is 5.84 Å². The van der Waals surface area contributed by atoms with Gasteiger partial charge in [-0.1, -0.05) is 30.3 Å². The van der Waals surface area contributed by atoms with Crippen molar-refractivity contribution < 1.29 is 0 Å². The third-order valence-corrected chi connectivity index (χ3v) is 1.75. The van der Waals surface area contributed by atoms with Crippen LogP contribution in [0.25, 0.3) is 0 Å². The molecule has 0 spiro atoms. The predicted octanol–water partition coefficient (Wildman–Crippen LogP) is 0.598. The highest BCUT2D eigenvalue weighted by molar-refractivity contribution is 6.08. The van der Waals surface area contributed by atoms with Crippen molar-refractivity contribution in [2.24, 2.45) is 10.9 Å². The second-order valence-electron chi connectivity index (χ2n) is 2.69. The molecule has 1 aliphatic rings. The van der Waals surface area contributed by atoms with Gasteiger partial charge in [0, 0.05) is 11.8 Å². The fraction of sp³-hybridized carbons (Fsp3) is 0. The molecule has 0 bridgehead atoms. The number of rotatable bonds is 1. The van der Waals surface area contributed by atoms with E-state index in [-0.39, 0.29) is 0 Å². The first kappa shape index (κ1) is 7.82. The SMILES string of the molecule is NN1C=CC(c2ccccc2)=NN1. The smallest absolute Gasteiger partial charge is 0.0938 e. The summed E-state index contributed by atoms with van der Waals surface area (Å²) < 4.78 is 0. The predicted molar refractivity (Wildman–Crippen MR) is 51.3 cm³/mol. The molecule has 1 heterocycles. The van der Waals surface area contributed by atoms with Crippen LogP contribution in [0, 0.1) is 0 Å². The number of allylic oxidation sites excluding steroid dienone is 1. The number of benzene rings is 1. The maximum Gasteiger partial charge on any atom is 0.0938 e. The van der Waals surface area contributed by atoms with Gasteiger partial charge in [-0.2, -0.15) is 5.10 Å². The quantitative estimate of drug-likeness (QED) is 0.613. The Morgan fingerprint density at radius 2 is 2.00 bits per heavy atom. The molecule has 0 aromatic heterocycles. The average Bonchev–Trinajstić information content (AvgIpc) is 2.20. The number of nitrogens with one attached hydrogen (secondary N) is 1. The third-order valence-electron chi connectivity index (χ3n) is 1.75. The zero-order valence-electron chi connectivity index (χ0n) is 7.01. The molecule has 2 rings (SSSR count). The van der Waals surface area contributed by atoms with Crippen molar-refractivity contribution in [2.45, 2.75) is 0 Å². The molecule has 4 heteroatoms. The van der Waals surface area contributed by atoms with Gasteiger partial charge in [-0.3, -0.25) is 0 Å². The van der Waals surface area contributed by atoms with E-state index in [0.717, 1.165) is 11.3 Å². The van der Waals surface area contributed by atoms with Crippen LogP contribution in [0.2, 0.25) is 0 Å². The molecule has 0 radical (unpaired) electrons. The van der Waals surface area contributed by atoms with Gasteiger partial charge in [-0.15, -0.1) is 0 Å². The van der Waals surface area contributed by atoms with Crippen molar-refractivity contribution in [1.29, 1.82) is 0 Å². The van der Waals surface area contributed by atoms with Crippen molar-refractivity contribution in [1.82, 2.24) is 10.7 Å². The molecular formula is C9H10N4. The normalized spacial score (nSPS) is 15.2. The van der Waals surface area contributed by atoms with E-state index in [2.05, 4.69) is 10.6 Å². The molecule has 66 valence electrons. The Morgan fingerprint density at radius 1 is 1.23 bits per heavy atom. The highest BCUT2D eigenvalue weighted by atomic mass is 15.8. The monoisotopic (exact) mass is 174 g/mol. The minimum atomic E-state index is 0.877. The number of hydrazone groups is 1. The molecule has 4 nitrogen and oxygen atoms in total. The lowest BCUT2D eigenvalue weighted by Gasteiger charge is -2.16. The standard InChI is InChI=1S/C9H10N4/c10-13-7-6-9(11-12-13)8-4-2-1-3-5-8/h1-7,12H,10H2. The van der Waals surface area contributed by atoms with E-state index >= 15 is 0 Å². The molecule has 1 aromatic rings. The lowest BCUT2D eigenvalue weighted by atomic mass is 10.1. The van der Waals surface area contributed by atoms with Crippen molar-refractivity contribution >= 4 is 5.71 Å². The van der Waals surface area contributed by atoms with Crippen molar-refractivity contribution in [3.8, 4) is 0 Å². The van der Waals surface area contributed by atoms with Crippen LogP contribution in [-0.4, -0.2) is 10.8 Å². The first-order valence-corrected chi connectivity index (χ1v) is 3.97. The van der Waals surface area contributed by atoms with Crippen LogP contribution in [0.3, 0.4) is 0 Å². The first-order chi connectivity index (χ1) is 6.36. The van der Waals surface area contributed by atoms with Crippen LogP contribution in [0.1, 0.15) is 5.56 Å². The zero-order chi connectivity index (χ0) is 9.10. The molecular weight excluding hydrogens is 164 g/mol. The molecule has 0 unspecified atom stereocenters. The maximum absolute atomic E-state index is 5.40. The Morgan fingerprint density at radius 3 is 2.62 bits per heavy atom. The summed E-state index contributed by atoms with van der Waals surface area (Å²) in [4.78, 5) is 0. The summed E-state index contributed by atoms with van der Waals surface area (Å²) in [5, 5.41) is 5.36. The van der Waals surface area contributed by atoms with E-state index in [0.29, 0.717) is 0 Å². The molecule has 1 aromatic carbocycles. The number of nitrogens with zero attached hydrogens (tertiary/aromatic N) is 2. The fourth-order valence-electron chi connectivity index (χ4n) is 1.10. The lowest BCUT2D eigenvalue weighted by molar-refractivity contribution is 0.283. The molecule has 1 aliphatic heterocycles. The second kappa shape index (κ2) is 3.28. The van der Waals surface area contributed by atoms with Crippen molar-refractivity contribution in [3.63, 3.8) is 0 Å². The molecule has 0 saturated heterocycles. The van der Waals surface area contributed by atoms with Crippen LogP contribution < -0.4 is 11.4 Å². The number of hydrogen-bond donors (Lipinski definition) is 2. The number of hydrogen-bond acceptors (Lipinski definition) is 4. The second-order valence-corrected chi connectivity index (χ2v) is 2.69. The van der Waals surface area contributed by atoms with Gasteiger partial charge >= 0.3 is 0 Å². The Bertz CT molecular complexity index is 342. The zero-order valence-corrected chi connectivity index (χ0v) is 7.01. The van der Waals surface area contributed by atoms with Crippen LogP contribution in [0.5, 0.6) is 0 Å². The van der Waals surface area contributed by atoms with Crippen LogP contribution >= 0.6 is 0 Å². The van der Waals surface area contributed by atoms with E-state index in [1.54, 1.807) is 6.20 Å². The third kappa shape index (κ3) is 1.68. The van der Waals surface area contributed by atoms with Gasteiger partial charge in [0.15, 0.2) is 0 Å². The van der Waals surface area contributed by atoms with E-state index < -0.39 is 0 Å². The minimum absolute atomic E-state index is 0.877. The van der Waals surface area contributed by atoms with Gasteiger partial charge in [0.2, 0.25) is 0 Å². The van der Waals surface area contributed by atoms with E-state index in [1.165, 1.54) is 5.12 Å². The van der Waals surface area contributed by atoms with Gasteiger partial charge in [-0.05, 0) is 6.08 Å². The molecule has 0 saturated carbocycles. The lowest BCUT2D eigenvalue weighted by Crippen LogP contribution is -2.38. The molecule has 0 aliphatic carbocycles. The summed E-state index contributed by atoms with van der Waals surface area (Å²) in [6.45, 7) is 0. The summed E-state index contributed by atoms with van der Waals surface area (Å²) >= 11 is 0. The molecule has 0 fully saturated rings. The Kier molecular flexibility index (Phi) is 1.97. The van der Waals surface area contributed by atoms with Gasteiger partial charge in [0.05, 0.1) is 5.71 Å². The van der Waals surface area contributed by atoms with Gasteiger partial charge in [0.1, 0.15) is 0 Å². The fourth-order valence-corrected chi connectivity index (χ4v) is 1.10. The van der Waals surface area contributed by atoms with Gasteiger partial charge in [-0.25, -0.2) is 16.5 Å². The van der Waals surface area contributed by atoms with Crippen molar-refractivity contribution in [3.05, 3.63) is 48.2 Å². The summed E-state index contributed by atoms with van der Waals surface area (Å²) in [6.07, 6.45) is 3.57. The van der Waals surface area contributed by atoms with E-state index in [1.807, 2.05) is 36.4 Å². The van der Waals surface area contributed by atoms with Gasteiger partial charge < -0.3 is 0 Å². The highest BCUT2D eigenvalue weighted by Crippen LogP contribution is 2.03. The molecule has 13 heavy (non-hydrogen) atoms. The van der Waals surface area contributed by atoms with Crippen LogP contribution in [0.4, 0.5) is 0 Å². The number of hydrazine groups is 2. The maximum atomic E-state index is 5.40. The average molecular weight is 174 g/mol. The van der Waals surface area contributed by atoms with Gasteiger partial charge in [0.25, 0.3) is 0 Å². The number of nitrogens with two attached hydrogens (primary N) is 1. The molecule has 3 N–H and O–H groups in total. The summed E-state index contributed by atoms with van der Waals surface area (Å²) in [7, 11) is 0. The Balaban J connectivity index is 2.25. The Hall–Kier alpha value is -1.81. The molecule has 0 atom stereocenters. The highest BCUT2D eigenvalue weighted by Gasteiger charge is 2.03. The van der Waals surface area contributed by atoms with Crippen LogP contribution in [-0.2, 0) is 0 Å². The largest absolute Gasteiger partial charge is 0.227 e.